The van der Waals surface area contributed by atoms with E-state index < -0.39 is 17.8 Å². The summed E-state index contributed by atoms with van der Waals surface area (Å²) >= 11 is 5.97. The molecule has 30 heavy (non-hydrogen) atoms. The third kappa shape index (κ3) is 4.21. The SMILES string of the molecule is C=CCc1cc(C=C2C(=O)NC(=O)N(c3cccc(Cl)c3)C2=O)cc(OCC)c1O. The molecule has 0 bridgehead atoms. The smallest absolute Gasteiger partial charge is 0.335 e. The van der Waals surface area contributed by atoms with E-state index in [1.165, 1.54) is 24.3 Å². The molecule has 0 aliphatic carbocycles. The van der Waals surface area contributed by atoms with Crippen molar-refractivity contribution in [2.75, 3.05) is 11.5 Å². The van der Waals surface area contributed by atoms with Gasteiger partial charge in [0.15, 0.2) is 11.5 Å². The van der Waals surface area contributed by atoms with Gasteiger partial charge in [-0.3, -0.25) is 14.9 Å². The quantitative estimate of drug-likeness (QED) is 0.415. The first-order valence-corrected chi connectivity index (χ1v) is 9.50. The molecule has 0 spiro atoms. The van der Waals surface area contributed by atoms with Crippen LogP contribution in [0.4, 0.5) is 10.5 Å². The molecule has 8 heteroatoms. The molecule has 1 heterocycles. The summed E-state index contributed by atoms with van der Waals surface area (Å²) in [5.41, 5.74) is 0.963. The highest BCUT2D eigenvalue weighted by molar-refractivity contribution is 6.39. The Hall–Kier alpha value is -3.58. The van der Waals surface area contributed by atoms with Gasteiger partial charge in [0.05, 0.1) is 12.3 Å². The maximum absolute atomic E-state index is 13.0. The molecule has 1 fully saturated rings. The molecule has 0 aromatic heterocycles. The number of urea groups is 1. The van der Waals surface area contributed by atoms with Gasteiger partial charge in [0.1, 0.15) is 5.57 Å². The maximum Gasteiger partial charge on any atom is 0.335 e. The Labute approximate surface area is 178 Å². The van der Waals surface area contributed by atoms with Crippen molar-refractivity contribution >= 4 is 41.2 Å². The first-order valence-electron chi connectivity index (χ1n) is 9.12. The number of hydrogen-bond acceptors (Lipinski definition) is 5. The molecule has 154 valence electrons. The van der Waals surface area contributed by atoms with Gasteiger partial charge in [-0.05, 0) is 55.3 Å². The molecule has 2 aromatic rings. The summed E-state index contributed by atoms with van der Waals surface area (Å²) in [7, 11) is 0. The van der Waals surface area contributed by atoms with Gasteiger partial charge in [0.2, 0.25) is 0 Å². The maximum atomic E-state index is 13.0. The Morgan fingerprint density at radius 2 is 2.00 bits per heavy atom. The molecule has 0 atom stereocenters. The summed E-state index contributed by atoms with van der Waals surface area (Å²) in [6.07, 6.45) is 3.31. The number of halogens is 1. The Balaban J connectivity index is 2.07. The highest BCUT2D eigenvalue weighted by atomic mass is 35.5. The van der Waals surface area contributed by atoms with Crippen LogP contribution in [-0.2, 0) is 16.0 Å². The van der Waals surface area contributed by atoms with Crippen molar-refractivity contribution in [3.05, 3.63) is 70.8 Å². The van der Waals surface area contributed by atoms with E-state index in [4.69, 9.17) is 16.3 Å². The summed E-state index contributed by atoms with van der Waals surface area (Å²) in [6, 6.07) is 8.44. The zero-order chi connectivity index (χ0) is 21.8. The fourth-order valence-corrected chi connectivity index (χ4v) is 3.21. The first-order chi connectivity index (χ1) is 14.3. The van der Waals surface area contributed by atoms with Crippen LogP contribution in [-0.4, -0.2) is 29.6 Å². The predicted molar refractivity (Wildman–Crippen MR) is 114 cm³/mol. The van der Waals surface area contributed by atoms with Crippen molar-refractivity contribution < 1.29 is 24.2 Å². The van der Waals surface area contributed by atoms with Crippen molar-refractivity contribution in [3.8, 4) is 11.5 Å². The predicted octanol–water partition coefficient (Wildman–Crippen LogP) is 3.84. The van der Waals surface area contributed by atoms with E-state index in [9.17, 15) is 19.5 Å². The number of amides is 4. The second-order valence-corrected chi connectivity index (χ2v) is 6.83. The molecule has 0 saturated carbocycles. The van der Waals surface area contributed by atoms with Crippen molar-refractivity contribution in [3.63, 3.8) is 0 Å². The number of aromatic hydroxyl groups is 1. The topological polar surface area (TPSA) is 95.9 Å². The van der Waals surface area contributed by atoms with Crippen molar-refractivity contribution in [1.82, 2.24) is 5.32 Å². The first kappa shape index (κ1) is 21.1. The number of phenols is 1. The van der Waals surface area contributed by atoms with Crippen LogP contribution in [0.15, 0.2) is 54.6 Å². The Kier molecular flexibility index (Phi) is 6.23. The number of phenolic OH excluding ortho intramolecular Hbond substituents is 1. The standard InChI is InChI=1S/C22H19ClN2O5/c1-3-6-14-9-13(11-18(19(14)26)30-4-2)10-17-20(27)24-22(29)25(21(17)28)16-8-5-7-15(23)12-16/h3,5,7-12,26H,1,4,6H2,2H3,(H,24,27,29). The van der Waals surface area contributed by atoms with Crippen molar-refractivity contribution in [2.45, 2.75) is 13.3 Å². The Morgan fingerprint density at radius 1 is 1.23 bits per heavy atom. The number of imide groups is 2. The molecule has 0 unspecified atom stereocenters. The number of nitrogens with zero attached hydrogens (tertiary/aromatic N) is 1. The minimum Gasteiger partial charge on any atom is -0.504 e. The summed E-state index contributed by atoms with van der Waals surface area (Å²) in [4.78, 5) is 38.5. The Morgan fingerprint density at radius 3 is 2.67 bits per heavy atom. The van der Waals surface area contributed by atoms with E-state index in [-0.39, 0.29) is 22.8 Å². The molecular weight excluding hydrogens is 408 g/mol. The van der Waals surface area contributed by atoms with Crippen LogP contribution in [0.3, 0.4) is 0 Å². The van der Waals surface area contributed by atoms with E-state index in [0.29, 0.717) is 29.2 Å². The van der Waals surface area contributed by atoms with Crippen LogP contribution in [0.5, 0.6) is 11.5 Å². The number of rotatable bonds is 6. The summed E-state index contributed by atoms with van der Waals surface area (Å²) in [5.74, 6) is -1.42. The lowest BCUT2D eigenvalue weighted by Crippen LogP contribution is -2.54. The van der Waals surface area contributed by atoms with Gasteiger partial charge in [-0.2, -0.15) is 0 Å². The fourth-order valence-electron chi connectivity index (χ4n) is 3.02. The zero-order valence-electron chi connectivity index (χ0n) is 16.1. The highest BCUT2D eigenvalue weighted by Crippen LogP contribution is 2.33. The summed E-state index contributed by atoms with van der Waals surface area (Å²) in [5, 5.41) is 12.8. The lowest BCUT2D eigenvalue weighted by atomic mass is 10.0. The van der Waals surface area contributed by atoms with Crippen LogP contribution in [0, 0.1) is 0 Å². The van der Waals surface area contributed by atoms with Crippen LogP contribution in [0.1, 0.15) is 18.1 Å². The van der Waals surface area contributed by atoms with Gasteiger partial charge >= 0.3 is 6.03 Å². The highest BCUT2D eigenvalue weighted by Gasteiger charge is 2.37. The molecule has 1 aliphatic rings. The minimum atomic E-state index is -0.863. The van der Waals surface area contributed by atoms with Gasteiger partial charge in [-0.15, -0.1) is 6.58 Å². The van der Waals surface area contributed by atoms with Crippen LogP contribution in [0.25, 0.3) is 6.08 Å². The van der Waals surface area contributed by atoms with E-state index in [0.717, 1.165) is 4.90 Å². The second kappa shape index (κ2) is 8.84. The van der Waals surface area contributed by atoms with E-state index in [2.05, 4.69) is 11.9 Å². The van der Waals surface area contributed by atoms with E-state index in [1.54, 1.807) is 31.2 Å². The second-order valence-electron chi connectivity index (χ2n) is 6.39. The summed E-state index contributed by atoms with van der Waals surface area (Å²) in [6.45, 7) is 5.75. The van der Waals surface area contributed by atoms with Crippen LogP contribution < -0.4 is 15.0 Å². The lowest BCUT2D eigenvalue weighted by molar-refractivity contribution is -0.122. The number of carbonyl (C=O) groups is 3. The largest absolute Gasteiger partial charge is 0.504 e. The van der Waals surface area contributed by atoms with Crippen LogP contribution >= 0.6 is 11.6 Å². The number of allylic oxidation sites excluding steroid dienone is 1. The van der Waals surface area contributed by atoms with Gasteiger partial charge in [-0.25, -0.2) is 9.69 Å². The van der Waals surface area contributed by atoms with Gasteiger partial charge in [0, 0.05) is 10.6 Å². The lowest BCUT2D eigenvalue weighted by Gasteiger charge is -2.26. The fraction of sp³-hybridized carbons (Fsp3) is 0.136. The number of carbonyl (C=O) groups excluding carboxylic acids is 3. The zero-order valence-corrected chi connectivity index (χ0v) is 16.9. The summed E-state index contributed by atoms with van der Waals surface area (Å²) < 4.78 is 5.45. The molecule has 2 N–H and O–H groups in total. The number of hydrogen-bond donors (Lipinski definition) is 2. The molecule has 0 radical (unpaired) electrons. The third-order valence-electron chi connectivity index (χ3n) is 4.32. The molecule has 1 saturated heterocycles. The molecular formula is C22H19ClN2O5. The number of anilines is 1. The van der Waals surface area contributed by atoms with Crippen molar-refractivity contribution in [2.24, 2.45) is 0 Å². The molecule has 1 aliphatic heterocycles. The minimum absolute atomic E-state index is 0.0333. The van der Waals surface area contributed by atoms with Gasteiger partial charge in [0.25, 0.3) is 11.8 Å². The Bertz CT molecular complexity index is 1080. The average Bonchev–Trinajstić information content (AvgIpc) is 2.69. The molecule has 2 aromatic carbocycles. The third-order valence-corrected chi connectivity index (χ3v) is 4.55. The van der Waals surface area contributed by atoms with Gasteiger partial charge in [-0.1, -0.05) is 23.7 Å². The van der Waals surface area contributed by atoms with Crippen molar-refractivity contribution in [1.29, 1.82) is 0 Å². The average molecular weight is 427 g/mol. The molecule has 3 rings (SSSR count). The number of ether oxygens (including phenoxy) is 1. The van der Waals surface area contributed by atoms with E-state index >= 15 is 0 Å². The van der Waals surface area contributed by atoms with Crippen LogP contribution in [0.2, 0.25) is 5.02 Å². The number of benzene rings is 2. The number of nitrogens with one attached hydrogen (secondary N) is 1. The normalized spacial score (nSPS) is 15.3. The number of barbiturate groups is 1. The molecule has 7 nitrogen and oxygen atoms in total. The molecule has 4 amide bonds. The van der Waals surface area contributed by atoms with E-state index in [1.807, 2.05) is 0 Å². The van der Waals surface area contributed by atoms with Gasteiger partial charge < -0.3 is 9.84 Å². The monoisotopic (exact) mass is 426 g/mol.